The molecule has 2 aromatic carbocycles. The lowest BCUT2D eigenvalue weighted by atomic mass is 9.86. The van der Waals surface area contributed by atoms with Crippen LogP contribution < -0.4 is 0 Å². The van der Waals surface area contributed by atoms with Crippen LogP contribution in [0.2, 0.25) is 0 Å². The normalized spacial score (nSPS) is 25.9. The number of fused-ring (bicyclic) bond motifs is 3. The van der Waals surface area contributed by atoms with Crippen molar-refractivity contribution in [1.29, 1.82) is 0 Å². The Morgan fingerprint density at radius 1 is 0.842 bits per heavy atom. The van der Waals surface area contributed by atoms with E-state index in [1.807, 2.05) is 0 Å². The molecule has 96 valence electrons. The monoisotopic (exact) mass is 249 g/mol. The maximum atomic E-state index is 2.72. The highest BCUT2D eigenvalue weighted by Gasteiger charge is 2.37. The van der Waals surface area contributed by atoms with Gasteiger partial charge < -0.3 is 0 Å². The highest BCUT2D eigenvalue weighted by molar-refractivity contribution is 5.36. The van der Waals surface area contributed by atoms with Gasteiger partial charge in [0.05, 0.1) is 0 Å². The van der Waals surface area contributed by atoms with Gasteiger partial charge >= 0.3 is 0 Å². The van der Waals surface area contributed by atoms with Gasteiger partial charge in [-0.3, -0.25) is 4.90 Å². The summed E-state index contributed by atoms with van der Waals surface area (Å²) >= 11 is 0. The Kier molecular flexibility index (Phi) is 2.66. The Balaban J connectivity index is 1.79. The molecule has 0 amide bonds. The lowest BCUT2D eigenvalue weighted by Crippen LogP contribution is -2.34. The van der Waals surface area contributed by atoms with Crippen LogP contribution in [0.15, 0.2) is 54.6 Å². The molecular weight excluding hydrogens is 230 g/mol. The lowest BCUT2D eigenvalue weighted by Gasteiger charge is -2.39. The molecule has 0 radical (unpaired) electrons. The molecule has 2 heterocycles. The van der Waals surface area contributed by atoms with E-state index in [9.17, 15) is 0 Å². The molecule has 0 aliphatic carbocycles. The average Bonchev–Trinajstić information content (AvgIpc) is 2.97. The number of rotatable bonds is 1. The first-order valence-electron chi connectivity index (χ1n) is 7.32. The quantitative estimate of drug-likeness (QED) is 0.735. The molecule has 1 nitrogen and oxygen atoms in total. The molecule has 2 atom stereocenters. The molecule has 0 N–H and O–H groups in total. The summed E-state index contributed by atoms with van der Waals surface area (Å²) in [6.45, 7) is 1.25. The summed E-state index contributed by atoms with van der Waals surface area (Å²) in [5, 5.41) is 0. The van der Waals surface area contributed by atoms with E-state index in [-0.39, 0.29) is 0 Å². The molecule has 1 saturated heterocycles. The van der Waals surface area contributed by atoms with Crippen LogP contribution in [0.4, 0.5) is 0 Å². The third kappa shape index (κ3) is 1.81. The molecule has 0 aromatic heterocycles. The molecule has 2 aromatic rings. The molecule has 1 heteroatoms. The largest absolute Gasteiger partial charge is 0.289 e. The van der Waals surface area contributed by atoms with Crippen LogP contribution >= 0.6 is 0 Å². The molecule has 4 rings (SSSR count). The molecule has 0 unspecified atom stereocenters. The van der Waals surface area contributed by atoms with Gasteiger partial charge in [0.1, 0.15) is 0 Å². The highest BCUT2D eigenvalue weighted by atomic mass is 15.2. The highest BCUT2D eigenvalue weighted by Crippen LogP contribution is 2.45. The van der Waals surface area contributed by atoms with Crippen molar-refractivity contribution in [3.63, 3.8) is 0 Å². The summed E-state index contributed by atoms with van der Waals surface area (Å²) in [6, 6.07) is 21.3. The molecule has 2 aliphatic rings. The Morgan fingerprint density at radius 2 is 1.63 bits per heavy atom. The van der Waals surface area contributed by atoms with E-state index in [1.54, 1.807) is 11.1 Å². The first kappa shape index (κ1) is 11.2. The first-order valence-corrected chi connectivity index (χ1v) is 7.32. The minimum atomic E-state index is 0.573. The SMILES string of the molecule is c1ccc([C@H]2Cc3ccccc3[C@H]3CCCN23)cc1. The van der Waals surface area contributed by atoms with Crippen molar-refractivity contribution >= 4 is 0 Å². The van der Waals surface area contributed by atoms with Crippen LogP contribution in [0.3, 0.4) is 0 Å². The zero-order valence-corrected chi connectivity index (χ0v) is 11.1. The van der Waals surface area contributed by atoms with Crippen molar-refractivity contribution in [1.82, 2.24) is 4.90 Å². The van der Waals surface area contributed by atoms with Crippen molar-refractivity contribution in [2.45, 2.75) is 31.3 Å². The van der Waals surface area contributed by atoms with Crippen LogP contribution in [0, 0.1) is 0 Å². The fraction of sp³-hybridized carbons (Fsp3) is 0.333. The van der Waals surface area contributed by atoms with E-state index in [0.29, 0.717) is 12.1 Å². The molecule has 0 saturated carbocycles. The second-order valence-corrected chi connectivity index (χ2v) is 5.73. The first-order chi connectivity index (χ1) is 9.43. The van der Waals surface area contributed by atoms with Crippen molar-refractivity contribution in [2.24, 2.45) is 0 Å². The van der Waals surface area contributed by atoms with Crippen LogP contribution in [0.5, 0.6) is 0 Å². The van der Waals surface area contributed by atoms with Gasteiger partial charge in [0.25, 0.3) is 0 Å². The predicted octanol–water partition coefficient (Wildman–Crippen LogP) is 4.12. The fourth-order valence-corrected chi connectivity index (χ4v) is 3.85. The smallest absolute Gasteiger partial charge is 0.0394 e. The van der Waals surface area contributed by atoms with Crippen LogP contribution in [-0.2, 0) is 6.42 Å². The van der Waals surface area contributed by atoms with Gasteiger partial charge in [-0.05, 0) is 42.5 Å². The van der Waals surface area contributed by atoms with Crippen LogP contribution in [0.25, 0.3) is 0 Å². The number of nitrogens with zero attached hydrogens (tertiary/aromatic N) is 1. The summed E-state index contributed by atoms with van der Waals surface area (Å²) in [7, 11) is 0. The Hall–Kier alpha value is -1.60. The van der Waals surface area contributed by atoms with Gasteiger partial charge in [0.2, 0.25) is 0 Å². The zero-order chi connectivity index (χ0) is 12.7. The predicted molar refractivity (Wildman–Crippen MR) is 78.0 cm³/mol. The average molecular weight is 249 g/mol. The van der Waals surface area contributed by atoms with Crippen molar-refractivity contribution in [3.05, 3.63) is 71.3 Å². The van der Waals surface area contributed by atoms with Crippen LogP contribution in [0.1, 0.15) is 41.6 Å². The van der Waals surface area contributed by atoms with Crippen molar-refractivity contribution < 1.29 is 0 Å². The van der Waals surface area contributed by atoms with Gasteiger partial charge in [-0.15, -0.1) is 0 Å². The van der Waals surface area contributed by atoms with E-state index >= 15 is 0 Å². The standard InChI is InChI=1S/C18H19N/c1-2-7-14(8-3-1)18-13-15-9-4-5-10-16(15)17-11-6-12-19(17)18/h1-5,7-10,17-18H,6,11-13H2/t17-,18-/m1/s1. The zero-order valence-electron chi connectivity index (χ0n) is 11.1. The van der Waals surface area contributed by atoms with Gasteiger partial charge in [0.15, 0.2) is 0 Å². The maximum absolute atomic E-state index is 2.72. The maximum Gasteiger partial charge on any atom is 0.0394 e. The Bertz CT molecular complexity index is 575. The molecule has 2 aliphatic heterocycles. The van der Waals surface area contributed by atoms with Gasteiger partial charge in [-0.25, -0.2) is 0 Å². The second-order valence-electron chi connectivity index (χ2n) is 5.73. The summed E-state index contributed by atoms with van der Waals surface area (Å²) in [6.07, 6.45) is 3.82. The van der Waals surface area contributed by atoms with Gasteiger partial charge in [-0.2, -0.15) is 0 Å². The second kappa shape index (κ2) is 4.50. The van der Waals surface area contributed by atoms with Crippen molar-refractivity contribution in [3.8, 4) is 0 Å². The van der Waals surface area contributed by atoms with E-state index in [1.165, 1.54) is 24.9 Å². The number of benzene rings is 2. The Morgan fingerprint density at radius 3 is 2.53 bits per heavy atom. The summed E-state index contributed by atoms with van der Waals surface area (Å²) in [5.41, 5.74) is 4.61. The van der Waals surface area contributed by atoms with Gasteiger partial charge in [-0.1, -0.05) is 54.6 Å². The minimum Gasteiger partial charge on any atom is -0.289 e. The fourth-order valence-electron chi connectivity index (χ4n) is 3.85. The van der Waals surface area contributed by atoms with E-state index in [0.717, 1.165) is 6.42 Å². The van der Waals surface area contributed by atoms with Gasteiger partial charge in [0, 0.05) is 12.1 Å². The third-order valence-electron chi connectivity index (χ3n) is 4.71. The molecule has 1 fully saturated rings. The van der Waals surface area contributed by atoms with E-state index < -0.39 is 0 Å². The number of hydrogen-bond donors (Lipinski definition) is 0. The minimum absolute atomic E-state index is 0.573. The molecule has 0 bridgehead atoms. The van der Waals surface area contributed by atoms with E-state index in [4.69, 9.17) is 0 Å². The third-order valence-corrected chi connectivity index (χ3v) is 4.71. The summed E-state index contributed by atoms with van der Waals surface area (Å²) in [5.74, 6) is 0. The summed E-state index contributed by atoms with van der Waals surface area (Å²) < 4.78 is 0. The van der Waals surface area contributed by atoms with E-state index in [2.05, 4.69) is 59.5 Å². The number of hydrogen-bond acceptors (Lipinski definition) is 1. The topological polar surface area (TPSA) is 3.24 Å². The summed E-state index contributed by atoms with van der Waals surface area (Å²) in [4.78, 5) is 2.72. The molecular formula is C18H19N. The van der Waals surface area contributed by atoms with Crippen molar-refractivity contribution in [2.75, 3.05) is 6.54 Å². The lowest BCUT2D eigenvalue weighted by molar-refractivity contribution is 0.163. The molecule has 19 heavy (non-hydrogen) atoms. The van der Waals surface area contributed by atoms with Crippen LogP contribution in [-0.4, -0.2) is 11.4 Å². The molecule has 0 spiro atoms. The Labute approximate surface area is 114 Å².